The molecule has 1 heterocycles. The van der Waals surface area contributed by atoms with Crippen molar-refractivity contribution in [2.75, 3.05) is 27.3 Å². The fourth-order valence-electron chi connectivity index (χ4n) is 2.88. The molecule has 0 aliphatic carbocycles. The number of likely N-dealkylation sites (N-methyl/N-ethyl adjacent to an activating group) is 1. The van der Waals surface area contributed by atoms with Gasteiger partial charge in [0.15, 0.2) is 11.5 Å². The second-order valence-electron chi connectivity index (χ2n) is 6.68. The summed E-state index contributed by atoms with van der Waals surface area (Å²) in [6.45, 7) is 3.41. The van der Waals surface area contributed by atoms with Gasteiger partial charge in [0.2, 0.25) is 5.91 Å². The van der Waals surface area contributed by atoms with Crippen LogP contribution in [0.2, 0.25) is 0 Å². The number of hydrogen-bond acceptors (Lipinski definition) is 5. The molecule has 2 aromatic rings. The van der Waals surface area contributed by atoms with E-state index in [-0.39, 0.29) is 18.1 Å². The number of carbonyl (C=O) groups excluding carboxylic acids is 1. The number of fused-ring (bicyclic) bond motifs is 1. The first-order valence-electron chi connectivity index (χ1n) is 9.06. The van der Waals surface area contributed by atoms with Crippen molar-refractivity contribution in [3.63, 3.8) is 0 Å². The molecule has 0 bridgehead atoms. The Kier molecular flexibility index (Phi) is 6.19. The zero-order valence-corrected chi connectivity index (χ0v) is 16.0. The summed E-state index contributed by atoms with van der Waals surface area (Å²) in [5.74, 6) is 2.25. The zero-order chi connectivity index (χ0) is 19.2. The number of nitrogens with one attached hydrogen (secondary N) is 1. The quantitative estimate of drug-likeness (QED) is 0.811. The van der Waals surface area contributed by atoms with E-state index >= 15 is 0 Å². The fraction of sp³-hybridized carbons (Fsp3) is 0.381. The van der Waals surface area contributed by atoms with E-state index in [0.29, 0.717) is 25.4 Å². The zero-order valence-electron chi connectivity index (χ0n) is 16.0. The lowest BCUT2D eigenvalue weighted by Crippen LogP contribution is -2.47. The maximum atomic E-state index is 12.5. The van der Waals surface area contributed by atoms with E-state index in [1.165, 1.54) is 0 Å². The van der Waals surface area contributed by atoms with Gasteiger partial charge in [0.25, 0.3) is 0 Å². The molecule has 1 aliphatic heterocycles. The van der Waals surface area contributed by atoms with Gasteiger partial charge >= 0.3 is 0 Å². The molecule has 0 spiro atoms. The number of hydrogen-bond donors (Lipinski definition) is 1. The molecule has 144 valence electrons. The molecule has 1 N–H and O–H groups in total. The Morgan fingerprint density at radius 2 is 1.93 bits per heavy atom. The highest BCUT2D eigenvalue weighted by molar-refractivity contribution is 5.81. The molecule has 0 saturated heterocycles. The Morgan fingerprint density at radius 3 is 2.63 bits per heavy atom. The van der Waals surface area contributed by atoms with E-state index in [0.717, 1.165) is 17.1 Å². The van der Waals surface area contributed by atoms with Gasteiger partial charge in [0, 0.05) is 6.54 Å². The summed E-state index contributed by atoms with van der Waals surface area (Å²) in [7, 11) is 3.58. The molecule has 3 rings (SSSR count). The Bertz CT molecular complexity index is 763. The Hall–Kier alpha value is -2.73. The number of methoxy groups -OCH3 is 1. The molecule has 2 aromatic carbocycles. The molecule has 0 radical (unpaired) electrons. The minimum Gasteiger partial charge on any atom is -0.497 e. The summed E-state index contributed by atoms with van der Waals surface area (Å²) in [4.78, 5) is 14.5. The first kappa shape index (κ1) is 19.0. The second kappa shape index (κ2) is 8.77. The summed E-state index contributed by atoms with van der Waals surface area (Å²) >= 11 is 0. The lowest BCUT2D eigenvalue weighted by atomic mass is 10.1. The normalized spacial score (nSPS) is 16.7. The van der Waals surface area contributed by atoms with Crippen molar-refractivity contribution >= 4 is 5.91 Å². The third kappa shape index (κ3) is 4.92. The van der Waals surface area contributed by atoms with Crippen molar-refractivity contribution < 1.29 is 19.0 Å². The van der Waals surface area contributed by atoms with E-state index in [1.54, 1.807) is 7.11 Å². The predicted octanol–water partition coefficient (Wildman–Crippen LogP) is 2.47. The molecule has 1 amide bonds. The number of rotatable bonds is 7. The van der Waals surface area contributed by atoms with Crippen LogP contribution in [0.4, 0.5) is 0 Å². The third-order valence-corrected chi connectivity index (χ3v) is 4.70. The highest BCUT2D eigenvalue weighted by Crippen LogP contribution is 2.30. The van der Waals surface area contributed by atoms with Crippen molar-refractivity contribution in [1.82, 2.24) is 10.2 Å². The molecule has 0 aromatic heterocycles. The van der Waals surface area contributed by atoms with Crippen LogP contribution in [0.5, 0.6) is 17.2 Å². The van der Waals surface area contributed by atoms with Crippen LogP contribution in [-0.2, 0) is 11.3 Å². The topological polar surface area (TPSA) is 60.0 Å². The standard InChI is InChI=1S/C21H26N2O4/c1-15(23(2)13-16-8-10-17(25-3)11-9-16)21(24)22-12-18-14-26-19-6-4-5-7-20(19)27-18/h4-11,15,18H,12-14H2,1-3H3,(H,22,24). The van der Waals surface area contributed by atoms with E-state index in [4.69, 9.17) is 14.2 Å². The van der Waals surface area contributed by atoms with Gasteiger partial charge in [-0.1, -0.05) is 24.3 Å². The number of para-hydroxylation sites is 2. The first-order valence-corrected chi connectivity index (χ1v) is 9.06. The SMILES string of the molecule is COc1ccc(CN(C)C(C)C(=O)NCC2COc3ccccc3O2)cc1. The van der Waals surface area contributed by atoms with E-state index < -0.39 is 0 Å². The molecular weight excluding hydrogens is 344 g/mol. The van der Waals surface area contributed by atoms with Gasteiger partial charge in [-0.05, 0) is 43.8 Å². The molecule has 6 nitrogen and oxygen atoms in total. The van der Waals surface area contributed by atoms with Crippen LogP contribution >= 0.6 is 0 Å². The summed E-state index contributed by atoms with van der Waals surface area (Å²) in [5, 5.41) is 2.96. The number of nitrogens with zero attached hydrogens (tertiary/aromatic N) is 1. The average molecular weight is 370 g/mol. The third-order valence-electron chi connectivity index (χ3n) is 4.70. The lowest BCUT2D eigenvalue weighted by molar-refractivity contribution is -0.126. The van der Waals surface area contributed by atoms with Crippen molar-refractivity contribution in [2.45, 2.75) is 25.6 Å². The van der Waals surface area contributed by atoms with Gasteiger partial charge < -0.3 is 19.5 Å². The summed E-state index contributed by atoms with van der Waals surface area (Å²) in [5.41, 5.74) is 1.12. The maximum Gasteiger partial charge on any atom is 0.237 e. The van der Waals surface area contributed by atoms with E-state index in [9.17, 15) is 4.79 Å². The Morgan fingerprint density at radius 1 is 1.22 bits per heavy atom. The van der Waals surface area contributed by atoms with Crippen LogP contribution < -0.4 is 19.5 Å². The van der Waals surface area contributed by atoms with Crippen LogP contribution in [0, 0.1) is 0 Å². The van der Waals surface area contributed by atoms with Crippen molar-refractivity contribution in [1.29, 1.82) is 0 Å². The van der Waals surface area contributed by atoms with Crippen LogP contribution in [0.25, 0.3) is 0 Å². The largest absolute Gasteiger partial charge is 0.497 e. The predicted molar refractivity (Wildman–Crippen MR) is 103 cm³/mol. The van der Waals surface area contributed by atoms with Crippen LogP contribution in [0.3, 0.4) is 0 Å². The molecule has 2 unspecified atom stereocenters. The molecule has 27 heavy (non-hydrogen) atoms. The average Bonchev–Trinajstić information content (AvgIpc) is 2.71. The molecule has 1 aliphatic rings. The van der Waals surface area contributed by atoms with E-state index in [1.807, 2.05) is 67.4 Å². The minimum absolute atomic E-state index is 0.0338. The highest BCUT2D eigenvalue weighted by atomic mass is 16.6. The number of carbonyl (C=O) groups is 1. The minimum atomic E-state index is -0.260. The number of amides is 1. The Labute approximate surface area is 160 Å². The lowest BCUT2D eigenvalue weighted by Gasteiger charge is -2.28. The van der Waals surface area contributed by atoms with E-state index in [2.05, 4.69) is 5.32 Å². The number of ether oxygens (including phenoxy) is 3. The van der Waals surface area contributed by atoms with Gasteiger partial charge in [-0.3, -0.25) is 9.69 Å². The monoisotopic (exact) mass is 370 g/mol. The van der Waals surface area contributed by atoms with Crippen molar-refractivity contribution in [2.24, 2.45) is 0 Å². The van der Waals surface area contributed by atoms with Crippen LogP contribution in [0.1, 0.15) is 12.5 Å². The Balaban J connectivity index is 1.47. The van der Waals surface area contributed by atoms with Crippen molar-refractivity contribution in [3.8, 4) is 17.2 Å². The fourth-order valence-corrected chi connectivity index (χ4v) is 2.88. The second-order valence-corrected chi connectivity index (χ2v) is 6.68. The van der Waals surface area contributed by atoms with Gasteiger partial charge in [-0.2, -0.15) is 0 Å². The van der Waals surface area contributed by atoms with Gasteiger partial charge in [-0.15, -0.1) is 0 Å². The maximum absolute atomic E-state index is 12.5. The van der Waals surface area contributed by atoms with Gasteiger partial charge in [-0.25, -0.2) is 0 Å². The molecule has 0 fully saturated rings. The molecular formula is C21H26N2O4. The van der Waals surface area contributed by atoms with Gasteiger partial charge in [0.1, 0.15) is 18.5 Å². The van der Waals surface area contributed by atoms with Gasteiger partial charge in [0.05, 0.1) is 19.7 Å². The molecule has 0 saturated carbocycles. The van der Waals surface area contributed by atoms with Crippen LogP contribution in [-0.4, -0.2) is 50.3 Å². The van der Waals surface area contributed by atoms with Crippen molar-refractivity contribution in [3.05, 3.63) is 54.1 Å². The van der Waals surface area contributed by atoms with Crippen LogP contribution in [0.15, 0.2) is 48.5 Å². The molecule has 2 atom stereocenters. The number of benzene rings is 2. The summed E-state index contributed by atoms with van der Waals surface area (Å²) in [6.07, 6.45) is -0.192. The molecule has 6 heteroatoms. The first-order chi connectivity index (χ1) is 13.1. The summed E-state index contributed by atoms with van der Waals surface area (Å²) < 4.78 is 16.7. The highest BCUT2D eigenvalue weighted by Gasteiger charge is 2.23. The summed E-state index contributed by atoms with van der Waals surface area (Å²) in [6, 6.07) is 15.1. The smallest absolute Gasteiger partial charge is 0.237 e.